The first-order valence-corrected chi connectivity index (χ1v) is 10.8. The molecule has 1 aliphatic rings. The van der Waals surface area contributed by atoms with Gasteiger partial charge < -0.3 is 4.90 Å². The van der Waals surface area contributed by atoms with Crippen LogP contribution in [0, 0.1) is 6.92 Å². The maximum atomic E-state index is 13.4. The number of carbonyl (C=O) groups is 1. The average molecular weight is 387 g/mol. The van der Waals surface area contributed by atoms with E-state index in [-0.39, 0.29) is 17.3 Å². The Morgan fingerprint density at radius 2 is 1.63 bits per heavy atom. The SMILES string of the molecule is CCN(CC)C(=O)C1Cc2ccccc2CN1S(=O)(=O)c1ccc(C)cc1. The minimum Gasteiger partial charge on any atom is -0.342 e. The monoisotopic (exact) mass is 386 g/mol. The second kappa shape index (κ2) is 7.82. The number of nitrogens with zero attached hydrogens (tertiary/aromatic N) is 2. The summed E-state index contributed by atoms with van der Waals surface area (Å²) in [6, 6.07) is 13.8. The second-order valence-corrected chi connectivity index (χ2v) is 8.75. The molecule has 1 heterocycles. The molecule has 144 valence electrons. The summed E-state index contributed by atoms with van der Waals surface area (Å²) in [5, 5.41) is 0. The van der Waals surface area contributed by atoms with Crippen LogP contribution in [-0.4, -0.2) is 42.7 Å². The molecule has 0 saturated carbocycles. The maximum absolute atomic E-state index is 13.4. The summed E-state index contributed by atoms with van der Waals surface area (Å²) in [6.45, 7) is 7.08. The Hall–Kier alpha value is -2.18. The van der Waals surface area contributed by atoms with Crippen LogP contribution in [-0.2, 0) is 27.8 Å². The van der Waals surface area contributed by atoms with Crippen molar-refractivity contribution in [2.24, 2.45) is 0 Å². The highest BCUT2D eigenvalue weighted by Gasteiger charge is 2.40. The lowest BCUT2D eigenvalue weighted by atomic mass is 9.95. The van der Waals surface area contributed by atoms with Gasteiger partial charge in [-0.2, -0.15) is 4.31 Å². The lowest BCUT2D eigenvalue weighted by Crippen LogP contribution is -2.53. The molecule has 3 rings (SSSR count). The van der Waals surface area contributed by atoms with E-state index in [0.29, 0.717) is 19.5 Å². The summed E-state index contributed by atoms with van der Waals surface area (Å²) in [4.78, 5) is 15.1. The quantitative estimate of drug-likeness (QED) is 0.794. The topological polar surface area (TPSA) is 57.7 Å². The Kier molecular flexibility index (Phi) is 5.67. The molecular formula is C21H26N2O3S. The average Bonchev–Trinajstić information content (AvgIpc) is 2.68. The van der Waals surface area contributed by atoms with Crippen LogP contribution in [0.3, 0.4) is 0 Å². The van der Waals surface area contributed by atoms with Gasteiger partial charge in [0.15, 0.2) is 0 Å². The Morgan fingerprint density at radius 3 is 2.22 bits per heavy atom. The van der Waals surface area contributed by atoms with Crippen LogP contribution < -0.4 is 0 Å². The van der Waals surface area contributed by atoms with Crippen LogP contribution in [0.5, 0.6) is 0 Å². The Bertz CT molecular complexity index is 919. The van der Waals surface area contributed by atoms with Crippen LogP contribution in [0.2, 0.25) is 0 Å². The molecule has 0 fully saturated rings. The third-order valence-electron chi connectivity index (χ3n) is 5.19. The molecule has 0 radical (unpaired) electrons. The van der Waals surface area contributed by atoms with E-state index in [4.69, 9.17) is 0 Å². The van der Waals surface area contributed by atoms with Crippen molar-refractivity contribution in [3.8, 4) is 0 Å². The van der Waals surface area contributed by atoms with Gasteiger partial charge in [0.25, 0.3) is 0 Å². The van der Waals surface area contributed by atoms with Gasteiger partial charge in [-0.15, -0.1) is 0 Å². The highest BCUT2D eigenvalue weighted by Crippen LogP contribution is 2.30. The number of amides is 1. The van der Waals surface area contributed by atoms with Crippen LogP contribution in [0.15, 0.2) is 53.4 Å². The summed E-state index contributed by atoms with van der Waals surface area (Å²) in [5.41, 5.74) is 2.99. The van der Waals surface area contributed by atoms with Crippen LogP contribution in [0.4, 0.5) is 0 Å². The van der Waals surface area contributed by atoms with E-state index in [1.807, 2.05) is 45.0 Å². The molecule has 0 saturated heterocycles. The Labute approximate surface area is 161 Å². The van der Waals surface area contributed by atoms with Gasteiger partial charge in [-0.3, -0.25) is 4.79 Å². The van der Waals surface area contributed by atoms with Gasteiger partial charge in [0.05, 0.1) is 4.90 Å². The van der Waals surface area contributed by atoms with Crippen molar-refractivity contribution in [1.82, 2.24) is 9.21 Å². The molecule has 0 bridgehead atoms. The van der Waals surface area contributed by atoms with Gasteiger partial charge >= 0.3 is 0 Å². The van der Waals surface area contributed by atoms with Crippen LogP contribution in [0.25, 0.3) is 0 Å². The minimum atomic E-state index is -3.78. The molecule has 2 aromatic rings. The lowest BCUT2D eigenvalue weighted by Gasteiger charge is -2.37. The van der Waals surface area contributed by atoms with Crippen molar-refractivity contribution >= 4 is 15.9 Å². The number of rotatable bonds is 5. The summed E-state index contributed by atoms with van der Waals surface area (Å²) in [7, 11) is -3.78. The third-order valence-corrected chi connectivity index (χ3v) is 7.06. The number of sulfonamides is 1. The van der Waals surface area contributed by atoms with Crippen LogP contribution in [0.1, 0.15) is 30.5 Å². The second-order valence-electron chi connectivity index (χ2n) is 6.86. The standard InChI is InChI=1S/C21H26N2O3S/c1-4-22(5-2)21(24)20-14-17-8-6-7-9-18(17)15-23(20)27(25,26)19-12-10-16(3)11-13-19/h6-13,20H,4-5,14-15H2,1-3H3. The maximum Gasteiger partial charge on any atom is 0.244 e. The molecule has 2 aromatic carbocycles. The van der Waals surface area contributed by atoms with E-state index in [0.717, 1.165) is 16.7 Å². The zero-order valence-electron chi connectivity index (χ0n) is 16.1. The molecule has 0 N–H and O–H groups in total. The number of hydrogen-bond acceptors (Lipinski definition) is 3. The fraction of sp³-hybridized carbons (Fsp3) is 0.381. The predicted molar refractivity (Wildman–Crippen MR) is 106 cm³/mol. The van der Waals surface area contributed by atoms with E-state index >= 15 is 0 Å². The van der Waals surface area contributed by atoms with Gasteiger partial charge in [-0.25, -0.2) is 8.42 Å². The number of fused-ring (bicyclic) bond motifs is 1. The fourth-order valence-electron chi connectivity index (χ4n) is 3.55. The Morgan fingerprint density at radius 1 is 1.04 bits per heavy atom. The molecule has 5 nitrogen and oxygen atoms in total. The van der Waals surface area contributed by atoms with Gasteiger partial charge in [-0.05, 0) is 50.5 Å². The highest BCUT2D eigenvalue weighted by molar-refractivity contribution is 7.89. The van der Waals surface area contributed by atoms with Crippen molar-refractivity contribution < 1.29 is 13.2 Å². The summed E-state index contributed by atoms with van der Waals surface area (Å²) >= 11 is 0. The van der Waals surface area contributed by atoms with Gasteiger partial charge in [0.1, 0.15) is 6.04 Å². The van der Waals surface area contributed by atoms with Crippen molar-refractivity contribution in [1.29, 1.82) is 0 Å². The normalized spacial score (nSPS) is 17.4. The molecule has 1 atom stereocenters. The number of benzene rings is 2. The molecule has 0 spiro atoms. The highest BCUT2D eigenvalue weighted by atomic mass is 32.2. The number of aryl methyl sites for hydroxylation is 1. The van der Waals surface area contributed by atoms with Gasteiger partial charge in [-0.1, -0.05) is 42.0 Å². The van der Waals surface area contributed by atoms with Crippen molar-refractivity contribution in [3.63, 3.8) is 0 Å². The smallest absolute Gasteiger partial charge is 0.244 e. The predicted octanol–water partition coefficient (Wildman–Crippen LogP) is 2.98. The first kappa shape index (κ1) is 19.6. The molecule has 27 heavy (non-hydrogen) atoms. The van der Waals surface area contributed by atoms with Gasteiger partial charge in [0.2, 0.25) is 15.9 Å². The number of hydrogen-bond donors (Lipinski definition) is 0. The molecule has 1 aliphatic heterocycles. The van der Waals surface area contributed by atoms with E-state index < -0.39 is 16.1 Å². The fourth-order valence-corrected chi connectivity index (χ4v) is 5.11. The molecule has 6 heteroatoms. The summed E-state index contributed by atoms with van der Waals surface area (Å²) in [5.74, 6) is -0.134. The number of likely N-dealkylation sites (N-methyl/N-ethyl adjacent to an activating group) is 1. The van der Waals surface area contributed by atoms with Crippen LogP contribution >= 0.6 is 0 Å². The molecular weight excluding hydrogens is 360 g/mol. The molecule has 1 unspecified atom stereocenters. The number of carbonyl (C=O) groups excluding carboxylic acids is 1. The van der Waals surface area contributed by atoms with E-state index in [1.54, 1.807) is 29.2 Å². The van der Waals surface area contributed by atoms with Gasteiger partial charge in [0, 0.05) is 19.6 Å². The zero-order chi connectivity index (χ0) is 19.6. The van der Waals surface area contributed by atoms with Crippen molar-refractivity contribution in [2.75, 3.05) is 13.1 Å². The first-order chi connectivity index (χ1) is 12.9. The zero-order valence-corrected chi connectivity index (χ0v) is 16.9. The summed E-state index contributed by atoms with van der Waals surface area (Å²) in [6.07, 6.45) is 0.399. The molecule has 1 amide bonds. The third kappa shape index (κ3) is 3.77. The first-order valence-electron chi connectivity index (χ1n) is 9.32. The van der Waals surface area contributed by atoms with E-state index in [9.17, 15) is 13.2 Å². The molecule has 0 aromatic heterocycles. The minimum absolute atomic E-state index is 0.134. The van der Waals surface area contributed by atoms with E-state index in [1.165, 1.54) is 4.31 Å². The lowest BCUT2D eigenvalue weighted by molar-refractivity contribution is -0.135. The largest absolute Gasteiger partial charge is 0.342 e. The van der Waals surface area contributed by atoms with Crippen molar-refractivity contribution in [3.05, 3.63) is 65.2 Å². The Balaban J connectivity index is 2.06. The van der Waals surface area contributed by atoms with E-state index in [2.05, 4.69) is 0 Å². The van der Waals surface area contributed by atoms with Crippen molar-refractivity contribution in [2.45, 2.75) is 44.7 Å². The summed E-state index contributed by atoms with van der Waals surface area (Å²) < 4.78 is 28.1. The molecule has 0 aliphatic carbocycles.